The SMILES string of the molecule is CC(C)(C)NC(=O)CN1CCC(CNc2nccc3ccc(Cl)cc23)CC1. The minimum absolute atomic E-state index is 0.107. The average molecular weight is 389 g/mol. The van der Waals surface area contributed by atoms with Crippen LogP contribution in [0.4, 0.5) is 5.82 Å². The van der Waals surface area contributed by atoms with Crippen LogP contribution in [0.5, 0.6) is 0 Å². The molecule has 146 valence electrons. The number of piperidine rings is 1. The Morgan fingerprint density at radius 3 is 2.70 bits per heavy atom. The minimum Gasteiger partial charge on any atom is -0.369 e. The highest BCUT2D eigenvalue weighted by molar-refractivity contribution is 6.31. The van der Waals surface area contributed by atoms with E-state index in [1.807, 2.05) is 51.2 Å². The van der Waals surface area contributed by atoms with E-state index in [0.29, 0.717) is 12.5 Å². The zero-order valence-corrected chi connectivity index (χ0v) is 17.1. The van der Waals surface area contributed by atoms with E-state index in [9.17, 15) is 4.79 Å². The molecule has 2 aromatic rings. The Hall–Kier alpha value is -1.85. The third-order valence-electron chi connectivity index (χ3n) is 4.88. The first-order chi connectivity index (χ1) is 12.8. The lowest BCUT2D eigenvalue weighted by molar-refractivity contribution is -0.124. The number of benzene rings is 1. The summed E-state index contributed by atoms with van der Waals surface area (Å²) in [6.07, 6.45) is 4.00. The van der Waals surface area contributed by atoms with E-state index < -0.39 is 0 Å². The number of nitrogens with zero attached hydrogens (tertiary/aromatic N) is 2. The fourth-order valence-electron chi connectivity index (χ4n) is 3.53. The molecule has 0 radical (unpaired) electrons. The molecule has 0 bridgehead atoms. The number of hydrogen-bond donors (Lipinski definition) is 2. The summed E-state index contributed by atoms with van der Waals surface area (Å²) in [6, 6.07) is 7.88. The molecule has 0 unspecified atom stereocenters. The van der Waals surface area contributed by atoms with Gasteiger partial charge in [0.15, 0.2) is 0 Å². The van der Waals surface area contributed by atoms with Crippen molar-refractivity contribution in [1.82, 2.24) is 15.2 Å². The average Bonchev–Trinajstić information content (AvgIpc) is 2.59. The monoisotopic (exact) mass is 388 g/mol. The van der Waals surface area contributed by atoms with Gasteiger partial charge >= 0.3 is 0 Å². The van der Waals surface area contributed by atoms with Crippen molar-refractivity contribution in [2.75, 3.05) is 31.5 Å². The maximum Gasteiger partial charge on any atom is 0.234 e. The van der Waals surface area contributed by atoms with Gasteiger partial charge in [0.2, 0.25) is 5.91 Å². The Morgan fingerprint density at radius 1 is 1.26 bits per heavy atom. The number of carbonyl (C=O) groups excluding carboxylic acids is 1. The molecule has 1 aromatic heterocycles. The fraction of sp³-hybridized carbons (Fsp3) is 0.524. The third kappa shape index (κ3) is 5.81. The maximum atomic E-state index is 12.1. The minimum atomic E-state index is -0.173. The Balaban J connectivity index is 1.49. The Morgan fingerprint density at radius 2 is 2.00 bits per heavy atom. The molecule has 1 amide bonds. The van der Waals surface area contributed by atoms with Crippen LogP contribution in [-0.2, 0) is 4.79 Å². The van der Waals surface area contributed by atoms with Crippen molar-refractivity contribution < 1.29 is 4.79 Å². The molecule has 0 saturated carbocycles. The first kappa shape index (κ1) is 19.9. The van der Waals surface area contributed by atoms with Crippen LogP contribution in [0, 0.1) is 5.92 Å². The molecule has 6 heteroatoms. The second-order valence-electron chi connectivity index (χ2n) is 8.42. The lowest BCUT2D eigenvalue weighted by Gasteiger charge is -2.32. The van der Waals surface area contributed by atoms with Crippen LogP contribution < -0.4 is 10.6 Å². The number of halogens is 1. The number of anilines is 1. The van der Waals surface area contributed by atoms with E-state index in [0.717, 1.165) is 54.1 Å². The highest BCUT2D eigenvalue weighted by atomic mass is 35.5. The number of hydrogen-bond acceptors (Lipinski definition) is 4. The van der Waals surface area contributed by atoms with Crippen molar-refractivity contribution >= 4 is 34.1 Å². The van der Waals surface area contributed by atoms with Crippen LogP contribution in [0.2, 0.25) is 5.02 Å². The van der Waals surface area contributed by atoms with Gasteiger partial charge in [-0.1, -0.05) is 17.7 Å². The van der Waals surface area contributed by atoms with Crippen LogP contribution in [0.1, 0.15) is 33.6 Å². The topological polar surface area (TPSA) is 57.3 Å². The number of fused-ring (bicyclic) bond motifs is 1. The molecule has 2 N–H and O–H groups in total. The predicted molar refractivity (Wildman–Crippen MR) is 112 cm³/mol. The number of rotatable bonds is 5. The molecule has 1 aliphatic rings. The van der Waals surface area contributed by atoms with Gasteiger partial charge in [0, 0.05) is 28.7 Å². The van der Waals surface area contributed by atoms with Crippen LogP contribution in [-0.4, -0.2) is 47.5 Å². The Kier molecular flexibility index (Phi) is 6.22. The van der Waals surface area contributed by atoms with Crippen molar-refractivity contribution in [2.24, 2.45) is 5.92 Å². The molecular formula is C21H29ClN4O. The Labute approximate surface area is 166 Å². The van der Waals surface area contributed by atoms with Gasteiger partial charge in [-0.15, -0.1) is 0 Å². The zero-order chi connectivity index (χ0) is 19.4. The molecule has 5 nitrogen and oxygen atoms in total. The molecule has 27 heavy (non-hydrogen) atoms. The summed E-state index contributed by atoms with van der Waals surface area (Å²) in [7, 11) is 0. The summed E-state index contributed by atoms with van der Waals surface area (Å²) in [5, 5.41) is 9.45. The van der Waals surface area contributed by atoms with Crippen LogP contribution in [0.25, 0.3) is 10.8 Å². The molecule has 0 atom stereocenters. The zero-order valence-electron chi connectivity index (χ0n) is 16.4. The Bertz CT molecular complexity index is 794. The van der Waals surface area contributed by atoms with E-state index in [2.05, 4.69) is 20.5 Å². The first-order valence-electron chi connectivity index (χ1n) is 9.62. The highest BCUT2D eigenvalue weighted by Crippen LogP contribution is 2.25. The van der Waals surface area contributed by atoms with Crippen molar-refractivity contribution in [2.45, 2.75) is 39.2 Å². The molecule has 1 aromatic carbocycles. The fourth-order valence-corrected chi connectivity index (χ4v) is 3.70. The first-order valence-corrected chi connectivity index (χ1v) is 9.99. The van der Waals surface area contributed by atoms with E-state index in [-0.39, 0.29) is 11.4 Å². The molecule has 1 fully saturated rings. The number of amides is 1. The lowest BCUT2D eigenvalue weighted by atomic mass is 9.96. The quantitative estimate of drug-likeness (QED) is 0.814. The highest BCUT2D eigenvalue weighted by Gasteiger charge is 2.22. The molecule has 3 rings (SSSR count). The van der Waals surface area contributed by atoms with Gasteiger partial charge in [0.05, 0.1) is 6.54 Å². The third-order valence-corrected chi connectivity index (χ3v) is 5.11. The number of likely N-dealkylation sites (tertiary alicyclic amines) is 1. The van der Waals surface area contributed by atoms with Gasteiger partial charge in [0.1, 0.15) is 5.82 Å². The van der Waals surface area contributed by atoms with Crippen molar-refractivity contribution in [3.63, 3.8) is 0 Å². The van der Waals surface area contributed by atoms with Crippen molar-refractivity contribution in [1.29, 1.82) is 0 Å². The van der Waals surface area contributed by atoms with Crippen LogP contribution in [0.3, 0.4) is 0 Å². The predicted octanol–water partition coefficient (Wildman–Crippen LogP) is 3.93. The van der Waals surface area contributed by atoms with Crippen LogP contribution >= 0.6 is 11.6 Å². The van der Waals surface area contributed by atoms with Crippen LogP contribution in [0.15, 0.2) is 30.5 Å². The van der Waals surface area contributed by atoms with E-state index in [4.69, 9.17) is 11.6 Å². The molecule has 0 spiro atoms. The van der Waals surface area contributed by atoms with Gasteiger partial charge in [-0.2, -0.15) is 0 Å². The van der Waals surface area contributed by atoms with Gasteiger partial charge in [-0.25, -0.2) is 4.98 Å². The van der Waals surface area contributed by atoms with E-state index >= 15 is 0 Å². The van der Waals surface area contributed by atoms with Gasteiger partial charge in [-0.3, -0.25) is 9.69 Å². The summed E-state index contributed by atoms with van der Waals surface area (Å²) in [5.41, 5.74) is -0.173. The lowest BCUT2D eigenvalue weighted by Crippen LogP contribution is -2.47. The summed E-state index contributed by atoms with van der Waals surface area (Å²) < 4.78 is 0. The number of aromatic nitrogens is 1. The van der Waals surface area contributed by atoms with E-state index in [1.165, 1.54) is 0 Å². The van der Waals surface area contributed by atoms with Gasteiger partial charge in [0.25, 0.3) is 0 Å². The summed E-state index contributed by atoms with van der Waals surface area (Å²) in [4.78, 5) is 18.8. The molecule has 1 saturated heterocycles. The molecule has 1 aliphatic heterocycles. The summed E-state index contributed by atoms with van der Waals surface area (Å²) in [6.45, 7) is 9.32. The van der Waals surface area contributed by atoms with Gasteiger partial charge in [-0.05, 0) is 76.2 Å². The smallest absolute Gasteiger partial charge is 0.234 e. The largest absolute Gasteiger partial charge is 0.369 e. The van der Waals surface area contributed by atoms with Crippen molar-refractivity contribution in [3.8, 4) is 0 Å². The van der Waals surface area contributed by atoms with Crippen molar-refractivity contribution in [3.05, 3.63) is 35.5 Å². The molecule has 0 aliphatic carbocycles. The normalized spacial score (nSPS) is 16.4. The maximum absolute atomic E-state index is 12.1. The summed E-state index contributed by atoms with van der Waals surface area (Å²) >= 11 is 6.14. The second-order valence-corrected chi connectivity index (χ2v) is 8.86. The number of carbonyl (C=O) groups is 1. The standard InChI is InChI=1S/C21H29ClN4O/c1-21(2,3)25-19(27)14-26-10-7-15(8-11-26)13-24-20-18-12-17(22)5-4-16(18)6-9-23-20/h4-6,9,12,15H,7-8,10-11,13-14H2,1-3H3,(H,23,24)(H,25,27). The summed E-state index contributed by atoms with van der Waals surface area (Å²) in [5.74, 6) is 1.58. The second kappa shape index (κ2) is 8.44. The van der Waals surface area contributed by atoms with E-state index in [1.54, 1.807) is 0 Å². The molecular weight excluding hydrogens is 360 g/mol. The number of nitrogens with one attached hydrogen (secondary N) is 2. The number of pyridine rings is 1. The molecule has 2 heterocycles. The van der Waals surface area contributed by atoms with Gasteiger partial charge < -0.3 is 10.6 Å².